The van der Waals surface area contributed by atoms with Crippen molar-refractivity contribution < 1.29 is 24.9 Å². The Bertz CT molecular complexity index is 462. The molecule has 0 bridgehead atoms. The van der Waals surface area contributed by atoms with Crippen LogP contribution >= 0.6 is 11.3 Å². The zero-order valence-corrected chi connectivity index (χ0v) is 11.0. The quantitative estimate of drug-likeness (QED) is 0.625. The zero-order valence-electron chi connectivity index (χ0n) is 10.2. The van der Waals surface area contributed by atoms with E-state index in [0.717, 1.165) is 17.4 Å². The van der Waals surface area contributed by atoms with E-state index in [0.29, 0.717) is 9.75 Å². The molecule has 0 saturated heterocycles. The maximum Gasteiger partial charge on any atom is 0.328 e. The Morgan fingerprint density at radius 2 is 1.84 bits per heavy atom. The summed E-state index contributed by atoms with van der Waals surface area (Å²) in [6.07, 6.45) is 2.41. The lowest BCUT2D eigenvalue weighted by Gasteiger charge is -2.19. The van der Waals surface area contributed by atoms with Crippen LogP contribution in [0.5, 0.6) is 0 Å². The zero-order chi connectivity index (χ0) is 14.3. The second-order valence-electron chi connectivity index (χ2n) is 3.61. The number of carboxylic acid groups (broad SMARTS) is 1. The van der Waals surface area contributed by atoms with Crippen LogP contribution in [-0.2, 0) is 4.79 Å². The van der Waals surface area contributed by atoms with Gasteiger partial charge in [-0.1, -0.05) is 0 Å². The number of aliphatic carboxylic acids is 1. The Morgan fingerprint density at radius 1 is 1.21 bits per heavy atom. The Labute approximate surface area is 114 Å². The first-order valence-corrected chi connectivity index (χ1v) is 6.42. The van der Waals surface area contributed by atoms with Crippen LogP contribution < -0.4 is 0 Å². The van der Waals surface area contributed by atoms with Gasteiger partial charge < -0.3 is 20.2 Å². The van der Waals surface area contributed by atoms with E-state index in [-0.39, 0.29) is 32.2 Å². The van der Waals surface area contributed by atoms with Crippen LogP contribution in [0.2, 0.25) is 0 Å². The Hall–Kier alpha value is -1.70. The minimum atomic E-state index is -1.05. The standard InChI is InChI=1S/C12H15NO5S/c14-7-5-13(6-8-15)12(18)10-3-1-9(19-10)2-4-11(16)17/h1-4,14-15H,5-8H2,(H,16,17)/b4-2+. The van der Waals surface area contributed by atoms with Crippen LogP contribution in [0.25, 0.3) is 6.08 Å². The highest BCUT2D eigenvalue weighted by Gasteiger charge is 2.16. The summed E-state index contributed by atoms with van der Waals surface area (Å²) in [4.78, 5) is 24.9. The van der Waals surface area contributed by atoms with E-state index in [1.807, 2.05) is 0 Å². The highest BCUT2D eigenvalue weighted by atomic mass is 32.1. The average molecular weight is 285 g/mol. The van der Waals surface area contributed by atoms with Gasteiger partial charge in [0.25, 0.3) is 5.91 Å². The number of amides is 1. The molecule has 1 rings (SSSR count). The molecule has 19 heavy (non-hydrogen) atoms. The monoisotopic (exact) mass is 285 g/mol. The summed E-state index contributed by atoms with van der Waals surface area (Å²) >= 11 is 1.16. The highest BCUT2D eigenvalue weighted by Crippen LogP contribution is 2.19. The molecule has 0 aliphatic rings. The maximum absolute atomic E-state index is 12.0. The van der Waals surface area contributed by atoms with Crippen molar-refractivity contribution in [2.24, 2.45) is 0 Å². The molecule has 0 radical (unpaired) electrons. The van der Waals surface area contributed by atoms with Crippen molar-refractivity contribution in [3.8, 4) is 0 Å². The summed E-state index contributed by atoms with van der Waals surface area (Å²) in [5, 5.41) is 26.2. The van der Waals surface area contributed by atoms with Crippen LogP contribution in [-0.4, -0.2) is 58.4 Å². The predicted molar refractivity (Wildman–Crippen MR) is 71.1 cm³/mol. The minimum Gasteiger partial charge on any atom is -0.478 e. The van der Waals surface area contributed by atoms with Gasteiger partial charge in [-0.25, -0.2) is 4.79 Å². The number of carbonyl (C=O) groups excluding carboxylic acids is 1. The van der Waals surface area contributed by atoms with E-state index in [9.17, 15) is 9.59 Å². The Kier molecular flexibility index (Phi) is 6.20. The number of rotatable bonds is 7. The number of carbonyl (C=O) groups is 2. The van der Waals surface area contributed by atoms with Crippen LogP contribution in [0.3, 0.4) is 0 Å². The number of thiophene rings is 1. The molecule has 0 saturated carbocycles. The first kappa shape index (κ1) is 15.4. The van der Waals surface area contributed by atoms with Crippen molar-refractivity contribution in [3.05, 3.63) is 28.0 Å². The van der Waals surface area contributed by atoms with Crippen molar-refractivity contribution >= 4 is 29.3 Å². The van der Waals surface area contributed by atoms with Crippen molar-refractivity contribution in [1.29, 1.82) is 0 Å². The van der Waals surface area contributed by atoms with Gasteiger partial charge in [0, 0.05) is 24.0 Å². The number of hydrogen-bond acceptors (Lipinski definition) is 5. The molecule has 7 heteroatoms. The summed E-state index contributed by atoms with van der Waals surface area (Å²) in [5.74, 6) is -1.34. The number of hydrogen-bond donors (Lipinski definition) is 3. The second-order valence-corrected chi connectivity index (χ2v) is 4.73. The first-order chi connectivity index (χ1) is 9.08. The van der Waals surface area contributed by atoms with Gasteiger partial charge in [-0.3, -0.25) is 4.79 Å². The van der Waals surface area contributed by atoms with Crippen LogP contribution in [0.15, 0.2) is 18.2 Å². The van der Waals surface area contributed by atoms with E-state index >= 15 is 0 Å². The van der Waals surface area contributed by atoms with Gasteiger partial charge in [0.2, 0.25) is 0 Å². The molecule has 0 aromatic carbocycles. The second kappa shape index (κ2) is 7.67. The minimum absolute atomic E-state index is 0.150. The largest absolute Gasteiger partial charge is 0.478 e. The molecular weight excluding hydrogens is 270 g/mol. The van der Waals surface area contributed by atoms with Gasteiger partial charge in [0.15, 0.2) is 0 Å². The normalized spacial score (nSPS) is 10.8. The number of aliphatic hydroxyl groups excluding tert-OH is 2. The first-order valence-electron chi connectivity index (χ1n) is 5.60. The third kappa shape index (κ3) is 4.82. The topological polar surface area (TPSA) is 98.1 Å². The fourth-order valence-corrected chi connectivity index (χ4v) is 2.30. The molecule has 104 valence electrons. The van der Waals surface area contributed by atoms with E-state index < -0.39 is 5.97 Å². The van der Waals surface area contributed by atoms with Crippen LogP contribution in [0, 0.1) is 0 Å². The summed E-state index contributed by atoms with van der Waals surface area (Å²) in [7, 11) is 0. The van der Waals surface area contributed by atoms with Crippen molar-refractivity contribution in [3.63, 3.8) is 0 Å². The van der Waals surface area contributed by atoms with Crippen LogP contribution in [0.4, 0.5) is 0 Å². The van der Waals surface area contributed by atoms with E-state index in [2.05, 4.69) is 0 Å². The summed E-state index contributed by atoms with van der Waals surface area (Å²) in [6.45, 7) is -0.0546. The molecule has 0 aliphatic carbocycles. The average Bonchev–Trinajstić information content (AvgIpc) is 2.84. The van der Waals surface area contributed by atoms with E-state index in [1.165, 1.54) is 11.0 Å². The predicted octanol–water partition coefficient (Wildman–Crippen LogP) is 0.273. The van der Waals surface area contributed by atoms with Gasteiger partial charge in [-0.2, -0.15) is 0 Å². The smallest absolute Gasteiger partial charge is 0.328 e. The third-order valence-electron chi connectivity index (χ3n) is 2.25. The molecule has 0 spiro atoms. The molecule has 0 unspecified atom stereocenters. The molecule has 0 aliphatic heterocycles. The molecule has 0 atom stereocenters. The lowest BCUT2D eigenvalue weighted by atomic mass is 10.3. The molecule has 3 N–H and O–H groups in total. The summed E-state index contributed by atoms with van der Waals surface area (Å²) in [5.41, 5.74) is 0. The SMILES string of the molecule is O=C(O)/C=C/c1ccc(C(=O)N(CCO)CCO)s1. The van der Waals surface area contributed by atoms with Crippen molar-refractivity contribution in [2.75, 3.05) is 26.3 Å². The van der Waals surface area contributed by atoms with E-state index in [1.54, 1.807) is 12.1 Å². The Balaban J connectivity index is 2.78. The molecule has 6 nitrogen and oxygen atoms in total. The van der Waals surface area contributed by atoms with Crippen molar-refractivity contribution in [2.45, 2.75) is 0 Å². The fourth-order valence-electron chi connectivity index (χ4n) is 1.42. The van der Waals surface area contributed by atoms with E-state index in [4.69, 9.17) is 15.3 Å². The Morgan fingerprint density at radius 3 is 2.37 bits per heavy atom. The fraction of sp³-hybridized carbons (Fsp3) is 0.333. The third-order valence-corrected chi connectivity index (χ3v) is 3.29. The van der Waals surface area contributed by atoms with Crippen molar-refractivity contribution in [1.82, 2.24) is 4.90 Å². The summed E-state index contributed by atoms with van der Waals surface area (Å²) < 4.78 is 0. The molecule has 0 fully saturated rings. The molecule has 1 aromatic heterocycles. The lowest BCUT2D eigenvalue weighted by molar-refractivity contribution is -0.131. The number of nitrogens with zero attached hydrogens (tertiary/aromatic N) is 1. The van der Waals surface area contributed by atoms with Gasteiger partial charge in [0.1, 0.15) is 0 Å². The van der Waals surface area contributed by atoms with Gasteiger partial charge >= 0.3 is 5.97 Å². The molecule has 1 heterocycles. The maximum atomic E-state index is 12.0. The van der Waals surface area contributed by atoms with Gasteiger partial charge in [-0.15, -0.1) is 11.3 Å². The molecule has 1 amide bonds. The van der Waals surface area contributed by atoms with Gasteiger partial charge in [-0.05, 0) is 18.2 Å². The number of carboxylic acids is 1. The van der Waals surface area contributed by atoms with Gasteiger partial charge in [0.05, 0.1) is 18.1 Å². The lowest BCUT2D eigenvalue weighted by Crippen LogP contribution is -2.35. The molecule has 1 aromatic rings. The summed E-state index contributed by atoms with van der Waals surface area (Å²) in [6, 6.07) is 3.24. The highest BCUT2D eigenvalue weighted by molar-refractivity contribution is 7.14. The van der Waals surface area contributed by atoms with Crippen LogP contribution in [0.1, 0.15) is 14.5 Å². The number of aliphatic hydroxyl groups is 2. The molecular formula is C12H15NO5S.